The van der Waals surface area contributed by atoms with Crippen molar-refractivity contribution in [3.8, 4) is 0 Å². The highest BCUT2D eigenvalue weighted by atomic mass is 35.7. The molecule has 0 aromatic carbocycles. The average molecular weight is 291 g/mol. The van der Waals surface area contributed by atoms with Gasteiger partial charge in [0.15, 0.2) is 0 Å². The highest BCUT2D eigenvalue weighted by molar-refractivity contribution is 8.13. The van der Waals surface area contributed by atoms with Crippen LogP contribution in [0.2, 0.25) is 6.04 Å². The zero-order chi connectivity index (χ0) is 12.7. The summed E-state index contributed by atoms with van der Waals surface area (Å²) in [6.45, 7) is 6.72. The van der Waals surface area contributed by atoms with Crippen LogP contribution in [-0.2, 0) is 22.3 Å². The summed E-state index contributed by atoms with van der Waals surface area (Å²) in [7, 11) is -1.25. The van der Waals surface area contributed by atoms with Crippen molar-refractivity contribution in [2.24, 2.45) is 0 Å². The van der Waals surface area contributed by atoms with Crippen molar-refractivity contribution < 1.29 is 21.7 Å². The largest absolute Gasteiger partial charge is 0.502 e. The first-order valence-electron chi connectivity index (χ1n) is 5.23. The number of hydrogen-bond acceptors (Lipinski definition) is 5. The lowest BCUT2D eigenvalue weighted by atomic mass is 10.9. The van der Waals surface area contributed by atoms with Gasteiger partial charge in [-0.3, -0.25) is 0 Å². The monoisotopic (exact) mass is 290 g/mol. The minimum Gasteiger partial charge on any atom is -0.374 e. The van der Waals surface area contributed by atoms with Crippen LogP contribution < -0.4 is 0 Å². The molecule has 0 rings (SSSR count). The zero-order valence-electron chi connectivity index (χ0n) is 9.86. The van der Waals surface area contributed by atoms with Gasteiger partial charge in [-0.05, 0) is 20.8 Å². The summed E-state index contributed by atoms with van der Waals surface area (Å²) in [5, 5.41) is 0. The van der Waals surface area contributed by atoms with Gasteiger partial charge in [0.05, 0.1) is 5.75 Å². The molecule has 0 amide bonds. The Morgan fingerprint density at radius 1 is 1.00 bits per heavy atom. The topological polar surface area (TPSA) is 61.8 Å². The Hall–Kier alpha value is 0.337. The number of hydrogen-bond donors (Lipinski definition) is 0. The van der Waals surface area contributed by atoms with Gasteiger partial charge in [0, 0.05) is 36.5 Å². The Morgan fingerprint density at radius 2 is 1.38 bits per heavy atom. The van der Waals surface area contributed by atoms with Crippen molar-refractivity contribution in [3.05, 3.63) is 0 Å². The lowest BCUT2D eigenvalue weighted by Gasteiger charge is -2.27. The second kappa shape index (κ2) is 7.62. The molecule has 0 bridgehead atoms. The van der Waals surface area contributed by atoms with Crippen molar-refractivity contribution >= 4 is 28.5 Å². The second-order valence-electron chi connectivity index (χ2n) is 2.98. The molecule has 0 radical (unpaired) electrons. The van der Waals surface area contributed by atoms with Gasteiger partial charge in [-0.15, -0.1) is 0 Å². The second-order valence-corrected chi connectivity index (χ2v) is 8.60. The van der Waals surface area contributed by atoms with Gasteiger partial charge in [-0.1, -0.05) is 0 Å². The molecule has 0 N–H and O–H groups in total. The van der Waals surface area contributed by atoms with Crippen LogP contribution in [0.3, 0.4) is 0 Å². The molecule has 0 unspecified atom stereocenters. The number of rotatable bonds is 9. The highest BCUT2D eigenvalue weighted by Gasteiger charge is 2.41. The molecular formula is C8H19ClO5SSi. The summed E-state index contributed by atoms with van der Waals surface area (Å²) >= 11 is 0. The summed E-state index contributed by atoms with van der Waals surface area (Å²) in [5.74, 6) is -0.194. The molecule has 0 aromatic rings. The first kappa shape index (κ1) is 16.3. The fourth-order valence-electron chi connectivity index (χ4n) is 1.25. The molecule has 0 aliphatic carbocycles. The Morgan fingerprint density at radius 3 is 1.62 bits per heavy atom. The van der Waals surface area contributed by atoms with E-state index in [1.165, 1.54) is 0 Å². The van der Waals surface area contributed by atoms with E-state index in [-0.39, 0.29) is 11.8 Å². The molecule has 0 aliphatic rings. The van der Waals surface area contributed by atoms with Crippen LogP contribution in [0.25, 0.3) is 0 Å². The van der Waals surface area contributed by atoms with Crippen LogP contribution >= 0.6 is 10.7 Å². The van der Waals surface area contributed by atoms with Gasteiger partial charge in [-0.25, -0.2) is 8.42 Å². The minimum atomic E-state index is -3.55. The molecule has 0 saturated heterocycles. The summed E-state index contributed by atoms with van der Waals surface area (Å²) in [6, 6.07) is 0.189. The van der Waals surface area contributed by atoms with Crippen molar-refractivity contribution in [2.45, 2.75) is 26.8 Å². The smallest absolute Gasteiger partial charge is 0.374 e. The summed E-state index contributed by atoms with van der Waals surface area (Å²) in [4.78, 5) is 0. The van der Waals surface area contributed by atoms with E-state index in [4.69, 9.17) is 24.0 Å². The van der Waals surface area contributed by atoms with E-state index in [1.807, 2.05) is 20.8 Å². The molecule has 0 aromatic heterocycles. The quantitative estimate of drug-likeness (QED) is 0.477. The molecule has 0 aliphatic heterocycles. The van der Waals surface area contributed by atoms with Crippen LogP contribution in [0.15, 0.2) is 0 Å². The molecule has 98 valence electrons. The lowest BCUT2D eigenvalue weighted by Crippen LogP contribution is -2.47. The highest BCUT2D eigenvalue weighted by Crippen LogP contribution is 2.18. The predicted octanol–water partition coefficient (Wildman–Crippen LogP) is 1.60. The Labute approximate surface area is 103 Å². The van der Waals surface area contributed by atoms with Crippen LogP contribution in [0, 0.1) is 0 Å². The van der Waals surface area contributed by atoms with Gasteiger partial charge in [0.1, 0.15) is 0 Å². The normalized spacial score (nSPS) is 13.0. The van der Waals surface area contributed by atoms with E-state index in [1.54, 1.807) is 0 Å². The van der Waals surface area contributed by atoms with Crippen molar-refractivity contribution in [1.29, 1.82) is 0 Å². The summed E-state index contributed by atoms with van der Waals surface area (Å²) < 4.78 is 38.3. The maximum Gasteiger partial charge on any atom is 0.502 e. The average Bonchev–Trinajstić information content (AvgIpc) is 2.15. The molecule has 0 saturated carbocycles. The van der Waals surface area contributed by atoms with E-state index < -0.39 is 17.9 Å². The Kier molecular flexibility index (Phi) is 7.78. The van der Waals surface area contributed by atoms with Gasteiger partial charge >= 0.3 is 8.80 Å². The van der Waals surface area contributed by atoms with Gasteiger partial charge < -0.3 is 13.3 Å². The maximum atomic E-state index is 10.9. The summed E-state index contributed by atoms with van der Waals surface area (Å²) in [6.07, 6.45) is 0. The Balaban J connectivity index is 4.58. The van der Waals surface area contributed by atoms with E-state index in [2.05, 4.69) is 0 Å². The van der Waals surface area contributed by atoms with Gasteiger partial charge in [0.25, 0.3) is 0 Å². The van der Waals surface area contributed by atoms with Crippen molar-refractivity contribution in [3.63, 3.8) is 0 Å². The van der Waals surface area contributed by atoms with E-state index in [9.17, 15) is 8.42 Å². The molecule has 0 fully saturated rings. The van der Waals surface area contributed by atoms with E-state index in [0.717, 1.165) is 0 Å². The summed E-state index contributed by atoms with van der Waals surface area (Å²) in [5.41, 5.74) is 0. The molecule has 0 atom stereocenters. The molecule has 8 heteroatoms. The third kappa shape index (κ3) is 6.82. The van der Waals surface area contributed by atoms with Gasteiger partial charge in [0.2, 0.25) is 9.05 Å². The van der Waals surface area contributed by atoms with Crippen molar-refractivity contribution in [2.75, 3.05) is 25.6 Å². The first-order chi connectivity index (χ1) is 7.39. The minimum absolute atomic E-state index is 0.189. The van der Waals surface area contributed by atoms with Crippen LogP contribution in [0.4, 0.5) is 0 Å². The van der Waals surface area contributed by atoms with Crippen LogP contribution in [0.5, 0.6) is 0 Å². The van der Waals surface area contributed by atoms with E-state index in [0.29, 0.717) is 19.8 Å². The maximum absolute atomic E-state index is 10.9. The van der Waals surface area contributed by atoms with Crippen LogP contribution in [-0.4, -0.2) is 42.8 Å². The predicted molar refractivity (Wildman–Crippen MR) is 65.1 cm³/mol. The fourth-order valence-corrected chi connectivity index (χ4v) is 5.92. The number of halogens is 1. The fraction of sp³-hybridized carbons (Fsp3) is 1.00. The zero-order valence-corrected chi connectivity index (χ0v) is 12.4. The molecule has 0 heterocycles. The molecular weight excluding hydrogens is 272 g/mol. The van der Waals surface area contributed by atoms with Crippen molar-refractivity contribution in [1.82, 2.24) is 0 Å². The Bertz CT molecular complexity index is 265. The SMILES string of the molecule is CCO[Si](CCS(=O)(=O)Cl)(OCC)OCC. The third-order valence-corrected chi connectivity index (χ3v) is 6.31. The third-order valence-electron chi connectivity index (χ3n) is 1.74. The standard InChI is InChI=1S/C8H19ClO5SSi/c1-4-12-16(13-5-2,14-6-3)8-7-15(9,10)11/h4-8H2,1-3H3. The molecule has 5 nitrogen and oxygen atoms in total. The molecule has 0 spiro atoms. The first-order valence-corrected chi connectivity index (χ1v) is 9.64. The van der Waals surface area contributed by atoms with E-state index >= 15 is 0 Å². The lowest BCUT2D eigenvalue weighted by molar-refractivity contribution is 0.0727. The van der Waals surface area contributed by atoms with Crippen LogP contribution in [0.1, 0.15) is 20.8 Å². The molecule has 16 heavy (non-hydrogen) atoms. The van der Waals surface area contributed by atoms with Gasteiger partial charge in [-0.2, -0.15) is 0 Å².